The van der Waals surface area contributed by atoms with Crippen LogP contribution in [0.5, 0.6) is 0 Å². The summed E-state index contributed by atoms with van der Waals surface area (Å²) in [5.74, 6) is 1.72. The molecular weight excluding hydrogens is 346 g/mol. The Morgan fingerprint density at radius 3 is 2.50 bits per heavy atom. The van der Waals surface area contributed by atoms with Gasteiger partial charge in [-0.1, -0.05) is 30.3 Å². The summed E-state index contributed by atoms with van der Waals surface area (Å²) in [6.45, 7) is 7.32. The number of nitrogens with zero attached hydrogens (tertiary/aromatic N) is 3. The van der Waals surface area contributed by atoms with Crippen LogP contribution >= 0.6 is 0 Å². The summed E-state index contributed by atoms with van der Waals surface area (Å²) in [6.07, 6.45) is 6.49. The lowest BCUT2D eigenvalue weighted by molar-refractivity contribution is 0.0658. The fourth-order valence-corrected chi connectivity index (χ4v) is 4.84. The number of aryl methyl sites for hydroxylation is 1. The maximum atomic E-state index is 12.8. The highest BCUT2D eigenvalue weighted by atomic mass is 16.2. The maximum absolute atomic E-state index is 12.8. The van der Waals surface area contributed by atoms with E-state index < -0.39 is 0 Å². The van der Waals surface area contributed by atoms with Gasteiger partial charge in [-0.15, -0.1) is 0 Å². The average Bonchev–Trinajstić information content (AvgIpc) is 3.22. The molecular formula is C24H31N3O. The molecule has 2 fully saturated rings. The van der Waals surface area contributed by atoms with Gasteiger partial charge in [-0.2, -0.15) is 0 Å². The number of likely N-dealkylation sites (tertiary alicyclic amines) is 2. The van der Waals surface area contributed by atoms with Crippen molar-refractivity contribution in [3.05, 3.63) is 65.5 Å². The number of piperidine rings is 1. The van der Waals surface area contributed by atoms with Crippen molar-refractivity contribution in [2.24, 2.45) is 11.8 Å². The van der Waals surface area contributed by atoms with E-state index in [4.69, 9.17) is 0 Å². The lowest BCUT2D eigenvalue weighted by atomic mass is 9.83. The molecule has 0 bridgehead atoms. The van der Waals surface area contributed by atoms with Crippen LogP contribution < -0.4 is 0 Å². The van der Waals surface area contributed by atoms with Gasteiger partial charge >= 0.3 is 0 Å². The zero-order valence-electron chi connectivity index (χ0n) is 16.9. The zero-order chi connectivity index (χ0) is 19.3. The Kier molecular flexibility index (Phi) is 6.06. The maximum Gasteiger partial charge on any atom is 0.255 e. The molecule has 148 valence electrons. The van der Waals surface area contributed by atoms with Crippen LogP contribution in [0.25, 0.3) is 0 Å². The standard InChI is InChI=1S/C24H31N3O/c1-19-23(8-5-13-25-19)24(28)27-16-11-21(12-17-27)22-10-15-26(18-22)14-9-20-6-3-2-4-7-20/h2-8,13,21-22H,9-12,14-18H2,1H3. The molecule has 2 aliphatic rings. The van der Waals surface area contributed by atoms with E-state index in [9.17, 15) is 4.79 Å². The highest BCUT2D eigenvalue weighted by Crippen LogP contribution is 2.32. The number of hydrogen-bond acceptors (Lipinski definition) is 3. The van der Waals surface area contributed by atoms with Gasteiger partial charge in [0.2, 0.25) is 0 Å². The highest BCUT2D eigenvalue weighted by molar-refractivity contribution is 5.95. The van der Waals surface area contributed by atoms with Gasteiger partial charge in [-0.3, -0.25) is 9.78 Å². The molecule has 0 spiro atoms. The van der Waals surface area contributed by atoms with Crippen molar-refractivity contribution in [1.29, 1.82) is 0 Å². The van der Waals surface area contributed by atoms with Crippen LogP contribution in [0.4, 0.5) is 0 Å². The predicted molar refractivity (Wildman–Crippen MR) is 112 cm³/mol. The number of carbonyl (C=O) groups is 1. The quantitative estimate of drug-likeness (QED) is 0.795. The Bertz CT molecular complexity index is 783. The van der Waals surface area contributed by atoms with Gasteiger partial charge in [-0.05, 0) is 68.7 Å². The number of rotatable bonds is 5. The first-order valence-corrected chi connectivity index (χ1v) is 10.7. The molecule has 0 saturated carbocycles. The lowest BCUT2D eigenvalue weighted by Crippen LogP contribution is -2.40. The number of amides is 1. The predicted octanol–water partition coefficient (Wildman–Crippen LogP) is 3.81. The van der Waals surface area contributed by atoms with Gasteiger partial charge in [0.25, 0.3) is 5.91 Å². The van der Waals surface area contributed by atoms with Gasteiger partial charge in [0.05, 0.1) is 5.56 Å². The minimum atomic E-state index is 0.153. The number of carbonyl (C=O) groups excluding carboxylic acids is 1. The van der Waals surface area contributed by atoms with E-state index in [1.165, 1.54) is 25.1 Å². The third kappa shape index (κ3) is 4.44. The normalized spacial score (nSPS) is 21.2. The minimum absolute atomic E-state index is 0.153. The Hall–Kier alpha value is -2.20. The molecule has 2 aliphatic heterocycles. The van der Waals surface area contributed by atoms with Gasteiger partial charge in [0.15, 0.2) is 0 Å². The van der Waals surface area contributed by atoms with E-state index in [1.54, 1.807) is 6.20 Å². The molecule has 3 heterocycles. The monoisotopic (exact) mass is 377 g/mol. The van der Waals surface area contributed by atoms with Crippen molar-refractivity contribution in [1.82, 2.24) is 14.8 Å². The third-order valence-corrected chi connectivity index (χ3v) is 6.60. The van der Waals surface area contributed by atoms with E-state index in [0.29, 0.717) is 0 Å². The number of aromatic nitrogens is 1. The molecule has 1 aromatic heterocycles. The highest BCUT2D eigenvalue weighted by Gasteiger charge is 2.33. The van der Waals surface area contributed by atoms with Crippen LogP contribution in [0.2, 0.25) is 0 Å². The van der Waals surface area contributed by atoms with Crippen LogP contribution in [0.1, 0.15) is 40.9 Å². The van der Waals surface area contributed by atoms with Crippen LogP contribution in [-0.4, -0.2) is 53.4 Å². The van der Waals surface area contributed by atoms with E-state index in [0.717, 1.165) is 62.0 Å². The van der Waals surface area contributed by atoms with Crippen molar-refractivity contribution in [2.75, 3.05) is 32.7 Å². The first kappa shape index (κ1) is 19.1. The topological polar surface area (TPSA) is 36.4 Å². The smallest absolute Gasteiger partial charge is 0.255 e. The Labute approximate surface area is 168 Å². The second-order valence-electron chi connectivity index (χ2n) is 8.35. The molecule has 1 unspecified atom stereocenters. The Morgan fingerprint density at radius 2 is 1.75 bits per heavy atom. The Balaban J connectivity index is 1.24. The van der Waals surface area contributed by atoms with Gasteiger partial charge in [0.1, 0.15) is 0 Å². The summed E-state index contributed by atoms with van der Waals surface area (Å²) in [6, 6.07) is 14.6. The third-order valence-electron chi connectivity index (χ3n) is 6.60. The van der Waals surface area contributed by atoms with E-state index in [1.807, 2.05) is 24.0 Å². The van der Waals surface area contributed by atoms with Crippen molar-refractivity contribution >= 4 is 5.91 Å². The summed E-state index contributed by atoms with van der Waals surface area (Å²) in [5.41, 5.74) is 3.02. The number of benzene rings is 1. The summed E-state index contributed by atoms with van der Waals surface area (Å²) in [5, 5.41) is 0. The molecule has 1 amide bonds. The molecule has 4 rings (SSSR count). The molecule has 0 aliphatic carbocycles. The van der Waals surface area contributed by atoms with Crippen molar-refractivity contribution in [3.8, 4) is 0 Å². The number of pyridine rings is 1. The van der Waals surface area contributed by atoms with Crippen LogP contribution in [-0.2, 0) is 6.42 Å². The van der Waals surface area contributed by atoms with Crippen LogP contribution in [0.15, 0.2) is 48.7 Å². The van der Waals surface area contributed by atoms with E-state index in [2.05, 4.69) is 40.2 Å². The molecule has 2 saturated heterocycles. The van der Waals surface area contributed by atoms with E-state index >= 15 is 0 Å². The number of hydrogen-bond donors (Lipinski definition) is 0. The molecule has 4 heteroatoms. The Morgan fingerprint density at radius 1 is 1.00 bits per heavy atom. The molecule has 28 heavy (non-hydrogen) atoms. The van der Waals surface area contributed by atoms with Gasteiger partial charge in [-0.25, -0.2) is 0 Å². The molecule has 0 N–H and O–H groups in total. The summed E-state index contributed by atoms with van der Waals surface area (Å²) >= 11 is 0. The summed E-state index contributed by atoms with van der Waals surface area (Å²) in [4.78, 5) is 21.7. The van der Waals surface area contributed by atoms with Crippen molar-refractivity contribution in [2.45, 2.75) is 32.6 Å². The van der Waals surface area contributed by atoms with E-state index in [-0.39, 0.29) is 5.91 Å². The summed E-state index contributed by atoms with van der Waals surface area (Å²) < 4.78 is 0. The van der Waals surface area contributed by atoms with Crippen LogP contribution in [0.3, 0.4) is 0 Å². The molecule has 2 aromatic rings. The molecule has 1 atom stereocenters. The first-order chi connectivity index (χ1) is 13.7. The fraction of sp³-hybridized carbons (Fsp3) is 0.500. The molecule has 0 radical (unpaired) electrons. The van der Waals surface area contributed by atoms with Crippen LogP contribution in [0, 0.1) is 18.8 Å². The fourth-order valence-electron chi connectivity index (χ4n) is 4.84. The van der Waals surface area contributed by atoms with Gasteiger partial charge in [0, 0.05) is 38.1 Å². The SMILES string of the molecule is Cc1ncccc1C(=O)N1CCC(C2CCN(CCc3ccccc3)C2)CC1. The lowest BCUT2D eigenvalue weighted by Gasteiger charge is -2.35. The minimum Gasteiger partial charge on any atom is -0.339 e. The second-order valence-corrected chi connectivity index (χ2v) is 8.35. The zero-order valence-corrected chi connectivity index (χ0v) is 16.9. The average molecular weight is 378 g/mol. The second kappa shape index (κ2) is 8.87. The molecule has 4 nitrogen and oxygen atoms in total. The van der Waals surface area contributed by atoms with Gasteiger partial charge < -0.3 is 9.80 Å². The first-order valence-electron chi connectivity index (χ1n) is 10.7. The van der Waals surface area contributed by atoms with Crippen molar-refractivity contribution in [3.63, 3.8) is 0 Å². The largest absolute Gasteiger partial charge is 0.339 e. The molecule has 1 aromatic carbocycles. The van der Waals surface area contributed by atoms with Crippen molar-refractivity contribution < 1.29 is 4.79 Å². The summed E-state index contributed by atoms with van der Waals surface area (Å²) in [7, 11) is 0.